The van der Waals surface area contributed by atoms with Crippen molar-refractivity contribution in [3.63, 3.8) is 0 Å². The molecule has 1 amide bonds. The van der Waals surface area contributed by atoms with Gasteiger partial charge in [0.1, 0.15) is 11.6 Å². The zero-order valence-electron chi connectivity index (χ0n) is 13.5. The first-order valence-corrected chi connectivity index (χ1v) is 8.28. The van der Waals surface area contributed by atoms with Crippen LogP contribution in [0, 0.1) is 11.6 Å². The molecule has 0 spiro atoms. The molecule has 1 unspecified atom stereocenters. The molecule has 0 aliphatic carbocycles. The molecule has 0 bridgehead atoms. The number of benzene rings is 2. The Morgan fingerprint density at radius 3 is 2.77 bits per heavy atom. The van der Waals surface area contributed by atoms with Crippen molar-refractivity contribution in [3.05, 3.63) is 53.6 Å². The quantitative estimate of drug-likeness (QED) is 0.680. The van der Waals surface area contributed by atoms with Crippen LogP contribution in [-0.2, 0) is 9.53 Å². The number of nitrogens with one attached hydrogen (secondary N) is 1. The average molecular weight is 377 g/mol. The number of amides is 1. The van der Waals surface area contributed by atoms with E-state index in [2.05, 4.69) is 10.3 Å². The van der Waals surface area contributed by atoms with Gasteiger partial charge in [-0.15, -0.1) is 0 Å². The second-order valence-electron chi connectivity index (χ2n) is 5.40. The standard InChI is InChI=1S/C17H13F2N3O3S/c1-8(15(23)21-13-7-10(18)3-4-11(13)19)25-16(24)9-2-5-12-14(6-9)26-17(20)22-12/h2-8H,1H3,(H2,20,22)(H,21,23). The van der Waals surface area contributed by atoms with E-state index in [0.29, 0.717) is 15.3 Å². The summed E-state index contributed by atoms with van der Waals surface area (Å²) in [6.07, 6.45) is -1.22. The van der Waals surface area contributed by atoms with E-state index >= 15 is 0 Å². The molecule has 0 saturated carbocycles. The van der Waals surface area contributed by atoms with Gasteiger partial charge in [0.05, 0.1) is 21.5 Å². The van der Waals surface area contributed by atoms with E-state index in [9.17, 15) is 18.4 Å². The Bertz CT molecular complexity index is 1010. The van der Waals surface area contributed by atoms with Gasteiger partial charge >= 0.3 is 5.97 Å². The van der Waals surface area contributed by atoms with Crippen molar-refractivity contribution < 1.29 is 23.1 Å². The highest BCUT2D eigenvalue weighted by molar-refractivity contribution is 7.22. The molecule has 26 heavy (non-hydrogen) atoms. The number of carbonyl (C=O) groups is 2. The topological polar surface area (TPSA) is 94.3 Å². The molecule has 2 aromatic carbocycles. The summed E-state index contributed by atoms with van der Waals surface area (Å²) in [5, 5.41) is 2.56. The summed E-state index contributed by atoms with van der Waals surface area (Å²) in [6.45, 7) is 1.33. The molecule has 0 aliphatic heterocycles. The van der Waals surface area contributed by atoms with Gasteiger partial charge in [-0.25, -0.2) is 18.6 Å². The summed E-state index contributed by atoms with van der Waals surface area (Å²) < 4.78 is 32.5. The Morgan fingerprint density at radius 2 is 2.00 bits per heavy atom. The number of fused-ring (bicyclic) bond motifs is 1. The third-order valence-corrected chi connectivity index (χ3v) is 4.33. The van der Waals surface area contributed by atoms with Crippen molar-refractivity contribution in [1.82, 2.24) is 4.98 Å². The number of nitrogen functional groups attached to an aromatic ring is 1. The molecule has 0 fully saturated rings. The number of esters is 1. The number of hydrogen-bond acceptors (Lipinski definition) is 6. The first kappa shape index (κ1) is 17.7. The fraction of sp³-hybridized carbons (Fsp3) is 0.118. The Morgan fingerprint density at radius 1 is 1.23 bits per heavy atom. The number of aromatic nitrogens is 1. The SMILES string of the molecule is CC(OC(=O)c1ccc2nc(N)sc2c1)C(=O)Nc1cc(F)ccc1F. The van der Waals surface area contributed by atoms with Crippen molar-refractivity contribution in [3.8, 4) is 0 Å². The van der Waals surface area contributed by atoms with Gasteiger partial charge in [-0.05, 0) is 37.3 Å². The van der Waals surface area contributed by atoms with Crippen LogP contribution in [0.15, 0.2) is 36.4 Å². The smallest absolute Gasteiger partial charge is 0.338 e. The van der Waals surface area contributed by atoms with Gasteiger partial charge in [-0.2, -0.15) is 0 Å². The van der Waals surface area contributed by atoms with Crippen molar-refractivity contribution in [2.75, 3.05) is 11.1 Å². The molecular formula is C17H13F2N3O3S. The number of rotatable bonds is 4. The Balaban J connectivity index is 1.69. The van der Waals surface area contributed by atoms with Crippen LogP contribution in [0.1, 0.15) is 17.3 Å². The van der Waals surface area contributed by atoms with Crippen LogP contribution < -0.4 is 11.1 Å². The van der Waals surface area contributed by atoms with E-state index in [-0.39, 0.29) is 11.3 Å². The van der Waals surface area contributed by atoms with Gasteiger partial charge in [0.15, 0.2) is 11.2 Å². The first-order valence-electron chi connectivity index (χ1n) is 7.46. The maximum absolute atomic E-state index is 13.6. The summed E-state index contributed by atoms with van der Waals surface area (Å²) in [5.74, 6) is -3.03. The molecular weight excluding hydrogens is 364 g/mol. The molecule has 1 atom stereocenters. The normalized spacial score (nSPS) is 12.0. The van der Waals surface area contributed by atoms with Gasteiger partial charge in [0.2, 0.25) is 0 Å². The molecule has 0 radical (unpaired) electrons. The van der Waals surface area contributed by atoms with Gasteiger partial charge in [0, 0.05) is 6.07 Å². The van der Waals surface area contributed by atoms with Crippen LogP contribution in [0.5, 0.6) is 0 Å². The average Bonchev–Trinajstić information content (AvgIpc) is 2.97. The van der Waals surface area contributed by atoms with Gasteiger partial charge in [-0.1, -0.05) is 11.3 Å². The van der Waals surface area contributed by atoms with Crippen molar-refractivity contribution in [2.45, 2.75) is 13.0 Å². The Kier molecular flexibility index (Phi) is 4.81. The minimum absolute atomic E-state index is 0.220. The zero-order chi connectivity index (χ0) is 18.8. The third-order valence-electron chi connectivity index (χ3n) is 3.48. The van der Waals surface area contributed by atoms with E-state index in [1.165, 1.54) is 24.3 Å². The van der Waals surface area contributed by atoms with Gasteiger partial charge in [0.25, 0.3) is 5.91 Å². The van der Waals surface area contributed by atoms with Crippen LogP contribution in [-0.4, -0.2) is 23.0 Å². The van der Waals surface area contributed by atoms with E-state index in [1.54, 1.807) is 12.1 Å². The maximum atomic E-state index is 13.6. The zero-order valence-corrected chi connectivity index (χ0v) is 14.3. The van der Waals surface area contributed by atoms with E-state index in [1.807, 2.05) is 0 Å². The van der Waals surface area contributed by atoms with Crippen LogP contribution in [0.4, 0.5) is 19.6 Å². The lowest BCUT2D eigenvalue weighted by Gasteiger charge is -2.14. The number of halogens is 2. The third kappa shape index (κ3) is 3.77. The van der Waals surface area contributed by atoms with Crippen LogP contribution in [0.25, 0.3) is 10.2 Å². The van der Waals surface area contributed by atoms with E-state index in [0.717, 1.165) is 18.2 Å². The lowest BCUT2D eigenvalue weighted by molar-refractivity contribution is -0.123. The number of carbonyl (C=O) groups excluding carboxylic acids is 2. The fourth-order valence-electron chi connectivity index (χ4n) is 2.18. The molecule has 134 valence electrons. The van der Waals surface area contributed by atoms with Crippen LogP contribution in [0.2, 0.25) is 0 Å². The number of ether oxygens (including phenoxy) is 1. The lowest BCUT2D eigenvalue weighted by Crippen LogP contribution is -2.30. The second-order valence-corrected chi connectivity index (χ2v) is 6.46. The summed E-state index contributed by atoms with van der Waals surface area (Å²) in [5.41, 5.74) is 6.15. The molecule has 3 N–H and O–H groups in total. The molecule has 1 aromatic heterocycles. The first-order chi connectivity index (χ1) is 12.3. The largest absolute Gasteiger partial charge is 0.449 e. The van der Waals surface area contributed by atoms with Crippen molar-refractivity contribution >= 4 is 44.2 Å². The van der Waals surface area contributed by atoms with E-state index in [4.69, 9.17) is 10.5 Å². The van der Waals surface area contributed by atoms with Gasteiger partial charge < -0.3 is 15.8 Å². The molecule has 0 aliphatic rings. The predicted molar refractivity (Wildman–Crippen MR) is 93.9 cm³/mol. The highest BCUT2D eigenvalue weighted by Gasteiger charge is 2.21. The lowest BCUT2D eigenvalue weighted by atomic mass is 10.2. The highest BCUT2D eigenvalue weighted by atomic mass is 32.1. The number of nitrogens with two attached hydrogens (primary N) is 1. The second kappa shape index (κ2) is 7.04. The fourth-order valence-corrected chi connectivity index (χ4v) is 2.95. The minimum Gasteiger partial charge on any atom is -0.449 e. The summed E-state index contributed by atoms with van der Waals surface area (Å²) in [4.78, 5) is 28.3. The predicted octanol–water partition coefficient (Wildman–Crippen LogP) is 3.34. The Hall–Kier alpha value is -3.07. The number of hydrogen-bond donors (Lipinski definition) is 2. The van der Waals surface area contributed by atoms with Crippen LogP contribution >= 0.6 is 11.3 Å². The molecule has 9 heteroatoms. The summed E-state index contributed by atoms with van der Waals surface area (Å²) in [7, 11) is 0. The molecule has 3 aromatic rings. The summed E-state index contributed by atoms with van der Waals surface area (Å²) in [6, 6.07) is 7.33. The van der Waals surface area contributed by atoms with Gasteiger partial charge in [-0.3, -0.25) is 4.79 Å². The monoisotopic (exact) mass is 377 g/mol. The number of nitrogens with zero attached hydrogens (tertiary/aromatic N) is 1. The van der Waals surface area contributed by atoms with Crippen molar-refractivity contribution in [1.29, 1.82) is 0 Å². The molecule has 0 saturated heterocycles. The summed E-state index contributed by atoms with van der Waals surface area (Å²) >= 11 is 1.22. The minimum atomic E-state index is -1.22. The Labute approximate surface area is 150 Å². The molecule has 3 rings (SSSR count). The van der Waals surface area contributed by atoms with Crippen molar-refractivity contribution in [2.24, 2.45) is 0 Å². The molecule has 6 nitrogen and oxygen atoms in total. The number of anilines is 2. The number of thiazole rings is 1. The van der Waals surface area contributed by atoms with E-state index < -0.39 is 29.6 Å². The van der Waals surface area contributed by atoms with Crippen LogP contribution in [0.3, 0.4) is 0 Å². The molecule has 1 heterocycles. The maximum Gasteiger partial charge on any atom is 0.338 e. The highest BCUT2D eigenvalue weighted by Crippen LogP contribution is 2.25.